The highest BCUT2D eigenvalue weighted by atomic mass is 16.5. The van der Waals surface area contributed by atoms with Crippen LogP contribution in [0.3, 0.4) is 0 Å². The van der Waals surface area contributed by atoms with E-state index in [1.807, 2.05) is 18.2 Å². The molecular weight excluding hydrogens is 218 g/mol. The number of rotatable bonds is 4. The van der Waals surface area contributed by atoms with Gasteiger partial charge in [0.2, 0.25) is 0 Å². The first-order valence-electron chi connectivity index (χ1n) is 5.84. The molecule has 2 rings (SSSR count). The quantitative estimate of drug-likeness (QED) is 0.794. The Morgan fingerprint density at radius 2 is 1.94 bits per heavy atom. The summed E-state index contributed by atoms with van der Waals surface area (Å²) < 4.78 is 16.0. The van der Waals surface area contributed by atoms with E-state index in [0.29, 0.717) is 0 Å². The zero-order valence-corrected chi connectivity index (χ0v) is 10.4. The van der Waals surface area contributed by atoms with Crippen LogP contribution in [0.5, 0.6) is 11.5 Å². The van der Waals surface area contributed by atoms with E-state index in [-0.39, 0.29) is 0 Å². The first-order valence-corrected chi connectivity index (χ1v) is 5.84. The van der Waals surface area contributed by atoms with Crippen LogP contribution in [0, 0.1) is 0 Å². The van der Waals surface area contributed by atoms with Gasteiger partial charge >= 0.3 is 0 Å². The highest BCUT2D eigenvalue weighted by Crippen LogP contribution is 2.25. The molecule has 0 unspecified atom stereocenters. The Labute approximate surface area is 102 Å². The summed E-state index contributed by atoms with van der Waals surface area (Å²) in [5.74, 6) is 1.78. The zero-order chi connectivity index (χ0) is 12.1. The lowest BCUT2D eigenvalue weighted by molar-refractivity contribution is 0.0338. The number of nitrogens with zero attached hydrogens (tertiary/aromatic N) is 1. The summed E-state index contributed by atoms with van der Waals surface area (Å²) in [6.45, 7) is 4.45. The van der Waals surface area contributed by atoms with Crippen molar-refractivity contribution in [2.45, 2.75) is 6.54 Å². The average Bonchev–Trinajstić information content (AvgIpc) is 2.40. The summed E-state index contributed by atoms with van der Waals surface area (Å²) in [5.41, 5.74) is 1.16. The largest absolute Gasteiger partial charge is 0.497 e. The highest BCUT2D eigenvalue weighted by molar-refractivity contribution is 5.40. The molecule has 1 aliphatic rings. The molecule has 0 spiro atoms. The minimum atomic E-state index is 0.812. The van der Waals surface area contributed by atoms with E-state index >= 15 is 0 Å². The van der Waals surface area contributed by atoms with Gasteiger partial charge in [0.05, 0.1) is 27.4 Å². The van der Waals surface area contributed by atoms with E-state index in [1.54, 1.807) is 14.2 Å². The number of benzene rings is 1. The van der Waals surface area contributed by atoms with Crippen molar-refractivity contribution in [2.75, 3.05) is 40.5 Å². The second-order valence-electron chi connectivity index (χ2n) is 4.07. The van der Waals surface area contributed by atoms with Crippen LogP contribution >= 0.6 is 0 Å². The molecule has 1 heterocycles. The minimum absolute atomic E-state index is 0.812. The molecule has 1 aromatic rings. The molecule has 0 aliphatic carbocycles. The molecule has 0 N–H and O–H groups in total. The van der Waals surface area contributed by atoms with E-state index < -0.39 is 0 Å². The van der Waals surface area contributed by atoms with Gasteiger partial charge in [0.15, 0.2) is 0 Å². The van der Waals surface area contributed by atoms with Crippen LogP contribution in [0.1, 0.15) is 5.56 Å². The fraction of sp³-hybridized carbons (Fsp3) is 0.538. The molecule has 17 heavy (non-hydrogen) atoms. The zero-order valence-electron chi connectivity index (χ0n) is 10.4. The molecule has 0 amide bonds. The first-order chi connectivity index (χ1) is 8.33. The predicted molar refractivity (Wildman–Crippen MR) is 65.6 cm³/mol. The number of methoxy groups -OCH3 is 2. The third kappa shape index (κ3) is 3.11. The van der Waals surface area contributed by atoms with E-state index in [2.05, 4.69) is 4.90 Å². The number of morpholine rings is 1. The molecule has 1 fully saturated rings. The maximum absolute atomic E-state index is 5.37. The van der Waals surface area contributed by atoms with Gasteiger partial charge in [0.1, 0.15) is 11.5 Å². The van der Waals surface area contributed by atoms with Crippen LogP contribution in [-0.4, -0.2) is 45.4 Å². The van der Waals surface area contributed by atoms with Crippen LogP contribution in [-0.2, 0) is 11.3 Å². The van der Waals surface area contributed by atoms with E-state index in [0.717, 1.165) is 49.9 Å². The van der Waals surface area contributed by atoms with Crippen LogP contribution < -0.4 is 9.47 Å². The van der Waals surface area contributed by atoms with Gasteiger partial charge in [-0.05, 0) is 18.2 Å². The standard InChI is InChI=1S/C13H19NO3/c1-15-12-3-4-13(16-2)11(9-12)10-14-5-7-17-8-6-14/h3-4,9H,5-8,10H2,1-2H3. The maximum Gasteiger partial charge on any atom is 0.123 e. The SMILES string of the molecule is COc1ccc(OC)c(CN2CCOCC2)c1. The summed E-state index contributed by atoms with van der Waals surface area (Å²) in [4.78, 5) is 2.36. The maximum atomic E-state index is 5.37. The monoisotopic (exact) mass is 237 g/mol. The molecule has 0 aromatic heterocycles. The lowest BCUT2D eigenvalue weighted by Gasteiger charge is -2.27. The van der Waals surface area contributed by atoms with Gasteiger partial charge in [0.25, 0.3) is 0 Å². The van der Waals surface area contributed by atoms with Gasteiger partial charge in [0, 0.05) is 25.2 Å². The summed E-state index contributed by atoms with van der Waals surface area (Å²) in [6.07, 6.45) is 0. The van der Waals surface area contributed by atoms with E-state index in [4.69, 9.17) is 14.2 Å². The predicted octanol–water partition coefficient (Wildman–Crippen LogP) is 1.54. The second-order valence-corrected chi connectivity index (χ2v) is 4.07. The smallest absolute Gasteiger partial charge is 0.123 e. The van der Waals surface area contributed by atoms with Crippen molar-refractivity contribution in [3.63, 3.8) is 0 Å². The first kappa shape index (κ1) is 12.2. The van der Waals surface area contributed by atoms with Crippen molar-refractivity contribution in [1.82, 2.24) is 4.90 Å². The van der Waals surface area contributed by atoms with Crippen LogP contribution in [0.15, 0.2) is 18.2 Å². The van der Waals surface area contributed by atoms with Crippen molar-refractivity contribution in [3.8, 4) is 11.5 Å². The Hall–Kier alpha value is -1.26. The van der Waals surface area contributed by atoms with Crippen LogP contribution in [0.25, 0.3) is 0 Å². The fourth-order valence-electron chi connectivity index (χ4n) is 2.01. The van der Waals surface area contributed by atoms with E-state index in [9.17, 15) is 0 Å². The van der Waals surface area contributed by atoms with Crippen molar-refractivity contribution in [3.05, 3.63) is 23.8 Å². The van der Waals surface area contributed by atoms with Crippen molar-refractivity contribution in [1.29, 1.82) is 0 Å². The molecule has 0 bridgehead atoms. The molecule has 0 radical (unpaired) electrons. The Morgan fingerprint density at radius 1 is 1.18 bits per heavy atom. The number of hydrogen-bond donors (Lipinski definition) is 0. The molecule has 1 aliphatic heterocycles. The topological polar surface area (TPSA) is 30.9 Å². The summed E-state index contributed by atoms with van der Waals surface area (Å²) >= 11 is 0. The third-order valence-corrected chi connectivity index (χ3v) is 2.99. The van der Waals surface area contributed by atoms with Crippen molar-refractivity contribution >= 4 is 0 Å². The van der Waals surface area contributed by atoms with E-state index in [1.165, 1.54) is 0 Å². The Kier molecular flexibility index (Phi) is 4.23. The molecular formula is C13H19NO3. The summed E-state index contributed by atoms with van der Waals surface area (Å²) in [5, 5.41) is 0. The highest BCUT2D eigenvalue weighted by Gasteiger charge is 2.13. The lowest BCUT2D eigenvalue weighted by Crippen LogP contribution is -2.35. The number of ether oxygens (including phenoxy) is 3. The fourth-order valence-corrected chi connectivity index (χ4v) is 2.01. The van der Waals surface area contributed by atoms with Crippen LogP contribution in [0.4, 0.5) is 0 Å². The van der Waals surface area contributed by atoms with Gasteiger partial charge in [-0.1, -0.05) is 0 Å². The molecule has 94 valence electrons. The van der Waals surface area contributed by atoms with Gasteiger partial charge in [-0.3, -0.25) is 4.90 Å². The van der Waals surface area contributed by atoms with Gasteiger partial charge in [-0.25, -0.2) is 0 Å². The normalized spacial score (nSPS) is 16.8. The van der Waals surface area contributed by atoms with Crippen LogP contribution in [0.2, 0.25) is 0 Å². The van der Waals surface area contributed by atoms with Gasteiger partial charge in [-0.2, -0.15) is 0 Å². The molecule has 1 aromatic carbocycles. The molecule has 4 heteroatoms. The Balaban J connectivity index is 2.11. The summed E-state index contributed by atoms with van der Waals surface area (Å²) in [7, 11) is 3.38. The Morgan fingerprint density at radius 3 is 2.59 bits per heavy atom. The molecule has 4 nitrogen and oxygen atoms in total. The van der Waals surface area contributed by atoms with Crippen molar-refractivity contribution < 1.29 is 14.2 Å². The lowest BCUT2D eigenvalue weighted by atomic mass is 10.1. The molecule has 0 atom stereocenters. The van der Waals surface area contributed by atoms with Gasteiger partial charge in [-0.15, -0.1) is 0 Å². The van der Waals surface area contributed by atoms with Gasteiger partial charge < -0.3 is 14.2 Å². The third-order valence-electron chi connectivity index (χ3n) is 2.99. The summed E-state index contributed by atoms with van der Waals surface area (Å²) in [6, 6.07) is 5.91. The van der Waals surface area contributed by atoms with Crippen molar-refractivity contribution in [2.24, 2.45) is 0 Å². The minimum Gasteiger partial charge on any atom is -0.497 e. The number of hydrogen-bond acceptors (Lipinski definition) is 4. The second kappa shape index (κ2) is 5.89. The Bertz CT molecular complexity index is 362. The molecule has 0 saturated carbocycles. The molecule has 1 saturated heterocycles. The average molecular weight is 237 g/mol.